The Morgan fingerprint density at radius 3 is 1.45 bits per heavy atom. The van der Waals surface area contributed by atoms with Crippen molar-refractivity contribution in [3.63, 3.8) is 0 Å². The van der Waals surface area contributed by atoms with Gasteiger partial charge in [-0.2, -0.15) is 0 Å². The summed E-state index contributed by atoms with van der Waals surface area (Å²) in [5.74, 6) is -3.53. The lowest BCUT2D eigenvalue weighted by Gasteiger charge is -2.20. The molecule has 0 saturated heterocycles. The third-order valence-corrected chi connectivity index (χ3v) is 13.8. The lowest BCUT2D eigenvalue weighted by molar-refractivity contribution is -0.185. The third kappa shape index (κ3) is 29.5. The number of allylic oxidation sites excluding steroid dienone is 2. The largest absolute Gasteiger partial charge is 0.507 e. The highest BCUT2D eigenvalue weighted by Gasteiger charge is 2.32. The predicted molar refractivity (Wildman–Crippen MR) is 288 cm³/mol. The van der Waals surface area contributed by atoms with Gasteiger partial charge in [-0.25, -0.2) is 4.79 Å². The first-order valence-corrected chi connectivity index (χ1v) is 28.8. The Kier molecular flexibility index (Phi) is 36.0. The number of carbonyl (C=O) groups is 6. The number of phenols is 1. The van der Waals surface area contributed by atoms with Gasteiger partial charge in [-0.15, -0.1) is 0 Å². The molecule has 1 N–H and O–H groups in total. The summed E-state index contributed by atoms with van der Waals surface area (Å²) in [6.07, 6.45) is 31.5. The molecule has 2 unspecified atom stereocenters. The molecule has 0 aromatic heterocycles. The minimum absolute atomic E-state index is 0.00417. The molecule has 1 aromatic rings. The van der Waals surface area contributed by atoms with Gasteiger partial charge in [0.05, 0.1) is 7.11 Å². The molecule has 0 fully saturated rings. The van der Waals surface area contributed by atoms with E-state index in [0.29, 0.717) is 36.1 Å². The molecule has 2 atom stereocenters. The Hall–Kier alpha value is -4.62. The van der Waals surface area contributed by atoms with Crippen molar-refractivity contribution in [3.05, 3.63) is 33.9 Å². The minimum Gasteiger partial charge on any atom is -0.507 e. The van der Waals surface area contributed by atoms with E-state index in [0.717, 1.165) is 49.7 Å². The molecule has 1 aromatic carbocycles. The van der Waals surface area contributed by atoms with Gasteiger partial charge in [0.1, 0.15) is 36.9 Å². The Morgan fingerprint density at radius 2 is 1.00 bits per heavy atom. The molecular weight excluding hydrogens is 945 g/mol. The SMILES string of the molecule is CCCCCCCCCCCCCCCC(=O)OCC(COC(=O)CCCCCCCCCCCCCCC)OC(=O)CC(C)CC(=O)OC(C)OC(=O)CCC(C)=CCc1c(O)c2c(c(C)c1OC)COC2=O. The van der Waals surface area contributed by atoms with Crippen molar-refractivity contribution in [1.29, 1.82) is 0 Å². The number of unbranched alkanes of at least 4 members (excludes halogenated alkanes) is 24. The van der Waals surface area contributed by atoms with Crippen molar-refractivity contribution >= 4 is 35.8 Å². The summed E-state index contributed by atoms with van der Waals surface area (Å²) in [7, 11) is 1.49. The molecule has 2 rings (SSSR count). The molecule has 1 aliphatic heterocycles. The number of phenolic OH excluding ortho intramolecular Hbond substituents is 1. The van der Waals surface area contributed by atoms with Gasteiger partial charge < -0.3 is 38.3 Å². The Labute approximate surface area is 445 Å². The molecule has 74 heavy (non-hydrogen) atoms. The Bertz CT molecular complexity index is 1770. The van der Waals surface area contributed by atoms with Crippen molar-refractivity contribution in [1.82, 2.24) is 0 Å². The summed E-state index contributed by atoms with van der Waals surface area (Å²) in [5, 5.41) is 10.9. The second-order valence-electron chi connectivity index (χ2n) is 20.7. The molecule has 0 amide bonds. The second-order valence-corrected chi connectivity index (χ2v) is 20.7. The fraction of sp³-hybridized carbons (Fsp3) is 0.767. The van der Waals surface area contributed by atoms with Crippen LogP contribution < -0.4 is 4.74 Å². The number of hydrogen-bond acceptors (Lipinski definition) is 14. The molecule has 14 heteroatoms. The normalized spacial score (nSPS) is 13.0. The van der Waals surface area contributed by atoms with E-state index in [1.807, 2.05) is 13.0 Å². The van der Waals surface area contributed by atoms with E-state index in [2.05, 4.69) is 13.8 Å². The van der Waals surface area contributed by atoms with Crippen molar-refractivity contribution in [2.75, 3.05) is 20.3 Å². The number of methoxy groups -OCH3 is 1. The summed E-state index contributed by atoms with van der Waals surface area (Å²) < 4.78 is 38.0. The second kappa shape index (κ2) is 40.7. The van der Waals surface area contributed by atoms with E-state index < -0.39 is 54.1 Å². The molecular formula is C60H98O14. The van der Waals surface area contributed by atoms with Gasteiger partial charge in [0, 0.05) is 50.2 Å². The molecule has 14 nitrogen and oxygen atoms in total. The number of fused-ring (bicyclic) bond motifs is 1. The van der Waals surface area contributed by atoms with Crippen LogP contribution in [0.3, 0.4) is 0 Å². The summed E-state index contributed by atoms with van der Waals surface area (Å²) in [6.45, 7) is 10.8. The maximum absolute atomic E-state index is 13.1. The monoisotopic (exact) mass is 1040 g/mol. The first-order valence-electron chi connectivity index (χ1n) is 28.8. The van der Waals surface area contributed by atoms with Crippen LogP contribution in [0.1, 0.15) is 267 Å². The molecule has 0 saturated carbocycles. The number of rotatable bonds is 45. The van der Waals surface area contributed by atoms with Crippen LogP contribution in [0.25, 0.3) is 0 Å². The summed E-state index contributed by atoms with van der Waals surface area (Å²) >= 11 is 0. The fourth-order valence-corrected chi connectivity index (χ4v) is 9.29. The van der Waals surface area contributed by atoms with Crippen molar-refractivity contribution in [2.24, 2.45) is 5.92 Å². The lowest BCUT2D eigenvalue weighted by atomic mass is 9.94. The number of cyclic esters (lactones) is 1. The summed E-state index contributed by atoms with van der Waals surface area (Å²) in [5.41, 5.74) is 2.73. The standard InChI is InChI=1S/C60H98O14/c1-8-10-12-14-16-18-20-22-24-26-28-30-32-34-52(61)69-42-49(43-70-53(62)35-33-31-29-27-25-23-21-19-17-15-13-11-9-2)74-56(65)41-46(4)40-55(64)73-48(6)72-54(63)39-37-45(3)36-38-50-58(66)57-51(44-71-60(57)67)47(5)59(50)68-7/h36,46,48-49,66H,8-35,37-44H2,1-7H3. The van der Waals surface area contributed by atoms with Gasteiger partial charge in [0.25, 0.3) is 0 Å². The van der Waals surface area contributed by atoms with Crippen LogP contribution in [0.4, 0.5) is 0 Å². The lowest BCUT2D eigenvalue weighted by Crippen LogP contribution is -2.31. The van der Waals surface area contributed by atoms with Crippen LogP contribution in [-0.4, -0.2) is 73.6 Å². The molecule has 0 spiro atoms. The summed E-state index contributed by atoms with van der Waals surface area (Å²) in [4.78, 5) is 76.3. The molecule has 0 radical (unpaired) electrons. The number of aromatic hydroxyl groups is 1. The van der Waals surface area contributed by atoms with Crippen LogP contribution in [0.2, 0.25) is 0 Å². The Balaban J connectivity index is 1.78. The highest BCUT2D eigenvalue weighted by atomic mass is 16.7. The van der Waals surface area contributed by atoms with Crippen LogP contribution >= 0.6 is 0 Å². The number of hydrogen-bond donors (Lipinski definition) is 1. The third-order valence-electron chi connectivity index (χ3n) is 13.8. The number of benzene rings is 1. The Morgan fingerprint density at radius 1 is 0.581 bits per heavy atom. The van der Waals surface area contributed by atoms with Gasteiger partial charge in [-0.1, -0.05) is 187 Å². The van der Waals surface area contributed by atoms with E-state index in [1.165, 1.54) is 130 Å². The molecule has 1 heterocycles. The maximum atomic E-state index is 13.1. The predicted octanol–water partition coefficient (Wildman–Crippen LogP) is 14.5. The number of carbonyl (C=O) groups excluding carboxylic acids is 6. The average molecular weight is 1040 g/mol. The van der Waals surface area contributed by atoms with Crippen molar-refractivity contribution in [2.45, 2.75) is 272 Å². The molecule has 0 bridgehead atoms. The maximum Gasteiger partial charge on any atom is 0.342 e. The van der Waals surface area contributed by atoms with Crippen LogP contribution in [-0.2, 0) is 65.4 Å². The van der Waals surface area contributed by atoms with Gasteiger partial charge >= 0.3 is 35.8 Å². The van der Waals surface area contributed by atoms with E-state index >= 15 is 0 Å². The molecule has 0 aliphatic carbocycles. The van der Waals surface area contributed by atoms with Crippen molar-refractivity contribution < 1.29 is 67.0 Å². The topological polar surface area (TPSA) is 187 Å². The molecule has 1 aliphatic rings. The van der Waals surface area contributed by atoms with Gasteiger partial charge in [0.15, 0.2) is 6.10 Å². The van der Waals surface area contributed by atoms with Gasteiger partial charge in [0.2, 0.25) is 6.29 Å². The molecule has 422 valence electrons. The highest BCUT2D eigenvalue weighted by Crippen LogP contribution is 2.42. The first-order chi connectivity index (χ1) is 35.7. The highest BCUT2D eigenvalue weighted by molar-refractivity contribution is 5.98. The van der Waals surface area contributed by atoms with E-state index in [4.69, 9.17) is 33.2 Å². The zero-order valence-corrected chi connectivity index (χ0v) is 47.0. The number of ether oxygens (including phenoxy) is 7. The quantitative estimate of drug-likeness (QED) is 0.0214. The zero-order valence-electron chi connectivity index (χ0n) is 47.0. The summed E-state index contributed by atoms with van der Waals surface area (Å²) in [6, 6.07) is 0. The van der Waals surface area contributed by atoms with Gasteiger partial charge in [-0.3, -0.25) is 24.0 Å². The van der Waals surface area contributed by atoms with E-state index in [9.17, 15) is 33.9 Å². The van der Waals surface area contributed by atoms with Crippen molar-refractivity contribution in [3.8, 4) is 11.5 Å². The smallest absolute Gasteiger partial charge is 0.342 e. The van der Waals surface area contributed by atoms with Crippen LogP contribution in [0, 0.1) is 12.8 Å². The van der Waals surface area contributed by atoms with E-state index in [1.54, 1.807) is 13.8 Å². The first kappa shape index (κ1) is 65.5. The van der Waals surface area contributed by atoms with Crippen LogP contribution in [0.5, 0.6) is 11.5 Å². The number of esters is 6. The van der Waals surface area contributed by atoms with E-state index in [-0.39, 0.29) is 69.7 Å². The van der Waals surface area contributed by atoms with Gasteiger partial charge in [-0.05, 0) is 51.0 Å². The fourth-order valence-electron chi connectivity index (χ4n) is 9.29. The zero-order chi connectivity index (χ0) is 54.4. The average Bonchev–Trinajstić information content (AvgIpc) is 3.76. The minimum atomic E-state index is -1.18. The van der Waals surface area contributed by atoms with Crippen LogP contribution in [0.15, 0.2) is 11.6 Å².